The summed E-state index contributed by atoms with van der Waals surface area (Å²) in [5.41, 5.74) is 0. The average molecular weight is 261 g/mol. The number of hydrogen-bond donors (Lipinski definition) is 0. The number of rotatable bonds is 7. The maximum Gasteiger partial charge on any atom is 0.307 e. The number of carbonyl (C=O) groups is 1. The van der Waals surface area contributed by atoms with Crippen molar-refractivity contribution in [1.82, 2.24) is 4.90 Å². The molecule has 1 rings (SSSR count). The fraction of sp³-hybridized carbons (Fsp3) is 0.917. The number of ether oxygens (including phenoxy) is 2. The number of carbonyl (C=O) groups excluding carboxylic acids is 1. The predicted molar refractivity (Wildman–Crippen MR) is 70.4 cm³/mol. The van der Waals surface area contributed by atoms with E-state index in [9.17, 15) is 4.79 Å². The first-order valence-corrected chi connectivity index (χ1v) is 7.63. The fourth-order valence-electron chi connectivity index (χ4n) is 2.02. The van der Waals surface area contributed by atoms with E-state index < -0.39 is 0 Å². The fourth-order valence-corrected chi connectivity index (χ4v) is 2.53. The molecule has 1 fully saturated rings. The van der Waals surface area contributed by atoms with Crippen LogP contribution < -0.4 is 0 Å². The smallest absolute Gasteiger partial charge is 0.307 e. The van der Waals surface area contributed by atoms with Gasteiger partial charge in [0.15, 0.2) is 0 Å². The van der Waals surface area contributed by atoms with Crippen LogP contribution in [0.4, 0.5) is 0 Å². The maximum atomic E-state index is 11.6. The lowest BCUT2D eigenvalue weighted by molar-refractivity contribution is -0.145. The molecule has 100 valence electrons. The summed E-state index contributed by atoms with van der Waals surface area (Å²) < 4.78 is 10.4. The van der Waals surface area contributed by atoms with Crippen LogP contribution in [0.3, 0.4) is 0 Å². The Hall–Kier alpha value is -0.260. The Labute approximate surface area is 108 Å². The Morgan fingerprint density at radius 2 is 2.18 bits per heavy atom. The summed E-state index contributed by atoms with van der Waals surface area (Å²) in [6, 6.07) is 0.311. The van der Waals surface area contributed by atoms with Gasteiger partial charge in [-0.2, -0.15) is 11.8 Å². The molecule has 0 radical (unpaired) electrons. The molecule has 1 atom stereocenters. The van der Waals surface area contributed by atoms with Gasteiger partial charge in [-0.1, -0.05) is 0 Å². The minimum Gasteiger partial charge on any atom is -0.466 e. The third-order valence-corrected chi connectivity index (χ3v) is 3.57. The molecular formula is C12H23NO3S. The van der Waals surface area contributed by atoms with Crippen LogP contribution in [0.5, 0.6) is 0 Å². The first-order chi connectivity index (χ1) is 8.27. The molecule has 0 amide bonds. The third-order valence-electron chi connectivity index (χ3n) is 2.92. The standard InChI is InChI=1S/C12H23NO3S/c1-3-16-12(14)10-11(4-9-17-2)13-5-7-15-8-6-13/h11H,3-10H2,1-2H3. The molecule has 0 spiro atoms. The van der Waals surface area contributed by atoms with Crippen LogP contribution in [0.1, 0.15) is 19.8 Å². The minimum absolute atomic E-state index is 0.0786. The zero-order valence-electron chi connectivity index (χ0n) is 10.8. The van der Waals surface area contributed by atoms with E-state index in [1.54, 1.807) is 0 Å². The lowest BCUT2D eigenvalue weighted by Crippen LogP contribution is -2.44. The zero-order chi connectivity index (χ0) is 12.5. The van der Waals surface area contributed by atoms with Crippen molar-refractivity contribution in [2.24, 2.45) is 0 Å². The molecule has 0 aromatic rings. The van der Waals surface area contributed by atoms with E-state index in [4.69, 9.17) is 9.47 Å². The summed E-state index contributed by atoms with van der Waals surface area (Å²) in [6.07, 6.45) is 3.65. The molecule has 17 heavy (non-hydrogen) atoms. The van der Waals surface area contributed by atoms with E-state index in [1.165, 1.54) is 0 Å². The van der Waals surface area contributed by atoms with Crippen LogP contribution in [0.2, 0.25) is 0 Å². The average Bonchev–Trinajstić information content (AvgIpc) is 2.36. The molecule has 1 saturated heterocycles. The van der Waals surface area contributed by atoms with Crippen LogP contribution in [-0.4, -0.2) is 61.8 Å². The van der Waals surface area contributed by atoms with Crippen molar-refractivity contribution in [2.45, 2.75) is 25.8 Å². The van der Waals surface area contributed by atoms with Crippen molar-refractivity contribution in [3.05, 3.63) is 0 Å². The van der Waals surface area contributed by atoms with E-state index in [2.05, 4.69) is 11.2 Å². The van der Waals surface area contributed by atoms with Crippen LogP contribution in [0.25, 0.3) is 0 Å². The van der Waals surface area contributed by atoms with Gasteiger partial charge in [-0.3, -0.25) is 9.69 Å². The predicted octanol–water partition coefficient (Wildman–Crippen LogP) is 1.39. The Balaban J connectivity index is 2.43. The molecule has 0 N–H and O–H groups in total. The molecular weight excluding hydrogens is 238 g/mol. The van der Waals surface area contributed by atoms with Crippen molar-refractivity contribution in [3.8, 4) is 0 Å². The van der Waals surface area contributed by atoms with E-state index >= 15 is 0 Å². The molecule has 4 nitrogen and oxygen atoms in total. The first-order valence-electron chi connectivity index (χ1n) is 6.24. The monoisotopic (exact) mass is 261 g/mol. The van der Waals surface area contributed by atoms with Crippen molar-refractivity contribution in [2.75, 3.05) is 44.9 Å². The second kappa shape index (κ2) is 8.78. The number of nitrogens with zero attached hydrogens (tertiary/aromatic N) is 1. The molecule has 0 aromatic heterocycles. The largest absolute Gasteiger partial charge is 0.466 e. The Kier molecular flexibility index (Phi) is 7.64. The molecule has 1 aliphatic rings. The van der Waals surface area contributed by atoms with Crippen molar-refractivity contribution in [1.29, 1.82) is 0 Å². The van der Waals surface area contributed by atoms with Gasteiger partial charge in [0.25, 0.3) is 0 Å². The van der Waals surface area contributed by atoms with Crippen molar-refractivity contribution >= 4 is 17.7 Å². The van der Waals surface area contributed by atoms with Gasteiger partial charge in [0.1, 0.15) is 0 Å². The number of hydrogen-bond acceptors (Lipinski definition) is 5. The molecule has 1 heterocycles. The minimum atomic E-state index is -0.0786. The Morgan fingerprint density at radius 1 is 1.47 bits per heavy atom. The van der Waals surface area contributed by atoms with Crippen LogP contribution in [0, 0.1) is 0 Å². The van der Waals surface area contributed by atoms with E-state index in [0.717, 1.165) is 38.5 Å². The number of esters is 1. The molecule has 0 saturated carbocycles. The highest BCUT2D eigenvalue weighted by Crippen LogP contribution is 2.14. The van der Waals surface area contributed by atoms with Gasteiger partial charge in [-0.05, 0) is 25.4 Å². The highest BCUT2D eigenvalue weighted by molar-refractivity contribution is 7.98. The van der Waals surface area contributed by atoms with E-state index in [0.29, 0.717) is 19.1 Å². The molecule has 5 heteroatoms. The first kappa shape index (κ1) is 14.8. The SMILES string of the molecule is CCOC(=O)CC(CCSC)N1CCOCC1. The van der Waals surface area contributed by atoms with Gasteiger partial charge >= 0.3 is 5.97 Å². The van der Waals surface area contributed by atoms with E-state index in [1.807, 2.05) is 18.7 Å². The highest BCUT2D eigenvalue weighted by Gasteiger charge is 2.23. The van der Waals surface area contributed by atoms with Crippen molar-refractivity contribution in [3.63, 3.8) is 0 Å². The third kappa shape index (κ3) is 5.75. The Morgan fingerprint density at radius 3 is 2.76 bits per heavy atom. The van der Waals surface area contributed by atoms with Crippen LogP contribution in [-0.2, 0) is 14.3 Å². The summed E-state index contributed by atoms with van der Waals surface area (Å²) in [4.78, 5) is 13.9. The highest BCUT2D eigenvalue weighted by atomic mass is 32.2. The molecule has 0 aromatic carbocycles. The molecule has 1 aliphatic heterocycles. The van der Waals surface area contributed by atoms with Gasteiger partial charge in [0.05, 0.1) is 26.2 Å². The molecule has 1 unspecified atom stereocenters. The second-order valence-corrected chi connectivity index (χ2v) is 5.08. The van der Waals surface area contributed by atoms with Gasteiger partial charge in [-0.15, -0.1) is 0 Å². The van der Waals surface area contributed by atoms with Crippen LogP contribution >= 0.6 is 11.8 Å². The maximum absolute atomic E-state index is 11.6. The number of thioether (sulfide) groups is 1. The molecule has 0 aliphatic carbocycles. The van der Waals surface area contributed by atoms with Gasteiger partial charge in [-0.25, -0.2) is 0 Å². The normalized spacial score (nSPS) is 18.9. The zero-order valence-corrected chi connectivity index (χ0v) is 11.6. The quantitative estimate of drug-likeness (QED) is 0.648. The lowest BCUT2D eigenvalue weighted by atomic mass is 10.1. The Bertz CT molecular complexity index is 220. The van der Waals surface area contributed by atoms with Gasteiger partial charge < -0.3 is 9.47 Å². The van der Waals surface area contributed by atoms with Crippen molar-refractivity contribution < 1.29 is 14.3 Å². The summed E-state index contributed by atoms with van der Waals surface area (Å²) >= 11 is 1.82. The van der Waals surface area contributed by atoms with Crippen LogP contribution in [0.15, 0.2) is 0 Å². The second-order valence-electron chi connectivity index (χ2n) is 4.09. The summed E-state index contributed by atoms with van der Waals surface area (Å²) in [5.74, 6) is 1.01. The summed E-state index contributed by atoms with van der Waals surface area (Å²) in [5, 5.41) is 0. The molecule has 0 bridgehead atoms. The summed E-state index contributed by atoms with van der Waals surface area (Å²) in [6.45, 7) is 5.73. The topological polar surface area (TPSA) is 38.8 Å². The van der Waals surface area contributed by atoms with Gasteiger partial charge in [0, 0.05) is 19.1 Å². The summed E-state index contributed by atoms with van der Waals surface area (Å²) in [7, 11) is 0. The van der Waals surface area contributed by atoms with Gasteiger partial charge in [0.2, 0.25) is 0 Å². The van der Waals surface area contributed by atoms with E-state index in [-0.39, 0.29) is 5.97 Å². The number of morpholine rings is 1. The lowest BCUT2D eigenvalue weighted by Gasteiger charge is -2.34.